The van der Waals surface area contributed by atoms with Crippen molar-refractivity contribution in [1.29, 1.82) is 0 Å². The number of aliphatic hydroxyl groups is 1. The van der Waals surface area contributed by atoms with Crippen molar-refractivity contribution >= 4 is 17.4 Å². The summed E-state index contributed by atoms with van der Waals surface area (Å²) in [5.74, 6) is -0.0465. The molecule has 1 atom stereocenters. The van der Waals surface area contributed by atoms with Crippen molar-refractivity contribution in [2.24, 2.45) is 0 Å². The SMILES string of the molecule is CCCOc1ccc(C2C(=C(O)c3ccc(OC)c(C)c3)C(=O)C(=O)N2CCCN2CCOCC2)cc1. The van der Waals surface area contributed by atoms with Crippen LogP contribution in [0.3, 0.4) is 0 Å². The fraction of sp³-hybridized carbons (Fsp3) is 0.448. The maximum absolute atomic E-state index is 13.3. The van der Waals surface area contributed by atoms with E-state index in [1.54, 1.807) is 30.2 Å². The van der Waals surface area contributed by atoms with Crippen LogP contribution in [0.2, 0.25) is 0 Å². The van der Waals surface area contributed by atoms with Crippen molar-refractivity contribution in [2.75, 3.05) is 53.1 Å². The predicted octanol–water partition coefficient (Wildman–Crippen LogP) is 3.94. The first-order chi connectivity index (χ1) is 17.9. The van der Waals surface area contributed by atoms with Crippen LogP contribution in [0.1, 0.15) is 42.5 Å². The number of Topliss-reactive ketones (excluding diaryl/α,β-unsaturated/α-hetero) is 1. The Morgan fingerprint density at radius 3 is 2.46 bits per heavy atom. The monoisotopic (exact) mass is 508 g/mol. The van der Waals surface area contributed by atoms with Gasteiger partial charge in [-0.15, -0.1) is 0 Å². The highest BCUT2D eigenvalue weighted by atomic mass is 16.5. The van der Waals surface area contributed by atoms with E-state index in [1.165, 1.54) is 0 Å². The smallest absolute Gasteiger partial charge is 0.295 e. The molecule has 2 heterocycles. The summed E-state index contributed by atoms with van der Waals surface area (Å²) in [6.07, 6.45) is 1.61. The van der Waals surface area contributed by atoms with Crippen molar-refractivity contribution < 1.29 is 28.9 Å². The van der Waals surface area contributed by atoms with Gasteiger partial charge in [-0.25, -0.2) is 0 Å². The summed E-state index contributed by atoms with van der Waals surface area (Å²) in [5.41, 5.74) is 2.14. The Labute approximate surface area is 218 Å². The van der Waals surface area contributed by atoms with Crippen molar-refractivity contribution in [1.82, 2.24) is 9.80 Å². The Morgan fingerprint density at radius 1 is 1.08 bits per heavy atom. The third kappa shape index (κ3) is 5.97. The van der Waals surface area contributed by atoms with Crippen LogP contribution in [-0.4, -0.2) is 79.7 Å². The third-order valence-corrected chi connectivity index (χ3v) is 6.85. The first kappa shape index (κ1) is 26.7. The molecule has 8 heteroatoms. The number of methoxy groups -OCH3 is 1. The molecule has 2 aliphatic heterocycles. The number of aliphatic hydroxyl groups excluding tert-OH is 1. The van der Waals surface area contributed by atoms with Gasteiger partial charge in [-0.1, -0.05) is 19.1 Å². The average Bonchev–Trinajstić information content (AvgIpc) is 3.17. The summed E-state index contributed by atoms with van der Waals surface area (Å²) in [4.78, 5) is 30.4. The second kappa shape index (κ2) is 12.3. The van der Waals surface area contributed by atoms with Gasteiger partial charge in [-0.3, -0.25) is 14.5 Å². The molecule has 2 aliphatic rings. The van der Waals surface area contributed by atoms with Crippen molar-refractivity contribution in [3.63, 3.8) is 0 Å². The Hall–Kier alpha value is -3.36. The van der Waals surface area contributed by atoms with E-state index in [1.807, 2.05) is 38.1 Å². The first-order valence-electron chi connectivity index (χ1n) is 12.9. The summed E-state index contributed by atoms with van der Waals surface area (Å²) < 4.78 is 16.5. The molecule has 2 aromatic carbocycles. The lowest BCUT2D eigenvalue weighted by atomic mass is 9.94. The minimum absolute atomic E-state index is 0.100. The van der Waals surface area contributed by atoms with Gasteiger partial charge < -0.3 is 24.2 Å². The molecular formula is C29H36N2O6. The number of amides is 1. The van der Waals surface area contributed by atoms with E-state index in [0.29, 0.717) is 44.1 Å². The quantitative estimate of drug-likeness (QED) is 0.295. The highest BCUT2D eigenvalue weighted by Gasteiger charge is 2.45. The van der Waals surface area contributed by atoms with E-state index >= 15 is 0 Å². The fourth-order valence-electron chi connectivity index (χ4n) is 4.89. The Morgan fingerprint density at radius 2 is 1.81 bits per heavy atom. The molecule has 0 radical (unpaired) electrons. The molecule has 8 nitrogen and oxygen atoms in total. The number of carbonyl (C=O) groups is 2. The second-order valence-electron chi connectivity index (χ2n) is 9.40. The molecule has 37 heavy (non-hydrogen) atoms. The van der Waals surface area contributed by atoms with Crippen LogP contribution in [-0.2, 0) is 14.3 Å². The lowest BCUT2D eigenvalue weighted by Gasteiger charge is -2.29. The number of hydrogen-bond acceptors (Lipinski definition) is 7. The number of aryl methyl sites for hydroxylation is 1. The van der Waals surface area contributed by atoms with E-state index in [-0.39, 0.29) is 11.3 Å². The van der Waals surface area contributed by atoms with Crippen LogP contribution in [0.15, 0.2) is 48.0 Å². The minimum atomic E-state index is -0.688. The van der Waals surface area contributed by atoms with Gasteiger partial charge in [0.1, 0.15) is 17.3 Å². The van der Waals surface area contributed by atoms with Crippen LogP contribution >= 0.6 is 0 Å². The average molecular weight is 509 g/mol. The Bertz CT molecular complexity index is 1140. The van der Waals surface area contributed by atoms with Crippen molar-refractivity contribution in [3.05, 3.63) is 64.7 Å². The summed E-state index contributed by atoms with van der Waals surface area (Å²) in [5, 5.41) is 11.3. The molecule has 1 unspecified atom stereocenters. The van der Waals surface area contributed by atoms with Gasteiger partial charge in [-0.2, -0.15) is 0 Å². The van der Waals surface area contributed by atoms with Gasteiger partial charge in [0, 0.05) is 31.7 Å². The summed E-state index contributed by atoms with van der Waals surface area (Å²) in [6.45, 7) is 8.86. The van der Waals surface area contributed by atoms with E-state index in [9.17, 15) is 14.7 Å². The predicted molar refractivity (Wildman–Crippen MR) is 141 cm³/mol. The van der Waals surface area contributed by atoms with Gasteiger partial charge in [0.2, 0.25) is 0 Å². The fourth-order valence-corrected chi connectivity index (χ4v) is 4.89. The zero-order valence-electron chi connectivity index (χ0n) is 21.9. The summed E-state index contributed by atoms with van der Waals surface area (Å²) in [7, 11) is 1.58. The van der Waals surface area contributed by atoms with Gasteiger partial charge >= 0.3 is 0 Å². The van der Waals surface area contributed by atoms with E-state index < -0.39 is 17.7 Å². The molecule has 4 rings (SSSR count). The summed E-state index contributed by atoms with van der Waals surface area (Å²) >= 11 is 0. The van der Waals surface area contributed by atoms with Crippen molar-refractivity contribution in [3.8, 4) is 11.5 Å². The molecule has 0 aliphatic carbocycles. The number of hydrogen-bond donors (Lipinski definition) is 1. The van der Waals surface area contributed by atoms with E-state index in [0.717, 1.165) is 42.9 Å². The molecule has 2 saturated heterocycles. The van der Waals surface area contributed by atoms with Crippen LogP contribution < -0.4 is 9.47 Å². The zero-order valence-corrected chi connectivity index (χ0v) is 21.9. The molecule has 2 aromatic rings. The van der Waals surface area contributed by atoms with Crippen molar-refractivity contribution in [2.45, 2.75) is 32.7 Å². The van der Waals surface area contributed by atoms with Crippen LogP contribution in [0.25, 0.3) is 5.76 Å². The second-order valence-corrected chi connectivity index (χ2v) is 9.40. The number of ether oxygens (including phenoxy) is 3. The highest BCUT2D eigenvalue weighted by Crippen LogP contribution is 2.40. The lowest BCUT2D eigenvalue weighted by Crippen LogP contribution is -2.38. The Kier molecular flexibility index (Phi) is 8.84. The standard InChI is InChI=1S/C29H36N2O6/c1-4-16-37-23-9-6-21(7-10-23)26-25(27(32)22-8-11-24(35-3)20(2)19-22)28(33)29(34)31(26)13-5-12-30-14-17-36-18-15-30/h6-11,19,26,32H,4-5,12-18H2,1-3H3. The number of benzene rings is 2. The molecule has 0 saturated carbocycles. The molecule has 1 amide bonds. The van der Waals surface area contributed by atoms with Gasteiger partial charge in [0.25, 0.3) is 11.7 Å². The van der Waals surface area contributed by atoms with Gasteiger partial charge in [0.15, 0.2) is 0 Å². The van der Waals surface area contributed by atoms with E-state index in [4.69, 9.17) is 14.2 Å². The number of morpholine rings is 1. The maximum atomic E-state index is 13.3. The Balaban J connectivity index is 1.67. The summed E-state index contributed by atoms with van der Waals surface area (Å²) in [6, 6.07) is 11.9. The third-order valence-electron chi connectivity index (χ3n) is 6.85. The minimum Gasteiger partial charge on any atom is -0.507 e. The number of ketones is 1. The highest BCUT2D eigenvalue weighted by molar-refractivity contribution is 6.46. The first-order valence-corrected chi connectivity index (χ1v) is 12.9. The molecule has 198 valence electrons. The number of carbonyl (C=O) groups excluding carboxylic acids is 2. The topological polar surface area (TPSA) is 88.5 Å². The number of nitrogens with zero attached hydrogens (tertiary/aromatic N) is 2. The molecule has 0 bridgehead atoms. The van der Waals surface area contributed by atoms with Crippen LogP contribution in [0.4, 0.5) is 0 Å². The molecule has 2 fully saturated rings. The normalized spacial score (nSPS) is 19.9. The van der Waals surface area contributed by atoms with E-state index in [2.05, 4.69) is 4.90 Å². The maximum Gasteiger partial charge on any atom is 0.295 e. The van der Waals surface area contributed by atoms with Crippen LogP contribution in [0, 0.1) is 6.92 Å². The number of likely N-dealkylation sites (tertiary alicyclic amines) is 1. The zero-order chi connectivity index (χ0) is 26.4. The largest absolute Gasteiger partial charge is 0.507 e. The van der Waals surface area contributed by atoms with Crippen LogP contribution in [0.5, 0.6) is 11.5 Å². The van der Waals surface area contributed by atoms with Gasteiger partial charge in [0.05, 0.1) is 38.5 Å². The molecule has 0 aromatic heterocycles. The molecular weight excluding hydrogens is 472 g/mol. The molecule has 0 spiro atoms. The number of rotatable bonds is 10. The lowest BCUT2D eigenvalue weighted by molar-refractivity contribution is -0.140. The molecule has 1 N–H and O–H groups in total. The van der Waals surface area contributed by atoms with Gasteiger partial charge in [-0.05, 0) is 61.2 Å².